The number of hydrogen-bond donors (Lipinski definition) is 1. The van der Waals surface area contributed by atoms with E-state index in [1.807, 2.05) is 25.1 Å². The van der Waals surface area contributed by atoms with Gasteiger partial charge in [0.25, 0.3) is 0 Å². The Morgan fingerprint density at radius 3 is 2.40 bits per heavy atom. The lowest BCUT2D eigenvalue weighted by molar-refractivity contribution is 0.0117. The van der Waals surface area contributed by atoms with Gasteiger partial charge in [0.05, 0.1) is 25.4 Å². The average molecular weight is 553 g/mol. The largest absolute Gasteiger partial charge is 0.493 e. The molecule has 0 heterocycles. The van der Waals surface area contributed by atoms with Crippen molar-refractivity contribution in [3.05, 3.63) is 101 Å². The Morgan fingerprint density at radius 1 is 0.975 bits per heavy atom. The minimum absolute atomic E-state index is 0.0211. The number of aliphatic hydroxyl groups excluding tert-OH is 1. The molecule has 214 valence electrons. The van der Waals surface area contributed by atoms with E-state index >= 15 is 0 Å². The van der Waals surface area contributed by atoms with Crippen molar-refractivity contribution in [1.82, 2.24) is 0 Å². The van der Waals surface area contributed by atoms with Crippen molar-refractivity contribution >= 4 is 0 Å². The van der Waals surface area contributed by atoms with E-state index in [4.69, 9.17) is 9.47 Å². The summed E-state index contributed by atoms with van der Waals surface area (Å²) < 4.78 is 56.3. The lowest BCUT2D eigenvalue weighted by atomic mass is 9.82. The minimum atomic E-state index is -0.907. The zero-order valence-electron chi connectivity index (χ0n) is 23.2. The fourth-order valence-electron chi connectivity index (χ4n) is 5.34. The highest BCUT2D eigenvalue weighted by Crippen LogP contribution is 2.37. The standard InChI is InChI=1S/C34H39F3O3/c1-3-5-6-20-39-28-17-19-29(31(35)21-28)23-12-15-27(16-13-23)40-22-26-14-18-30(34(37)33(26)36)24-8-10-25(11-9-24)32(38)7-4-2/h3,8-11,14,17-19,21,23,27,32,38H,1,4-7,12-13,15-16,20,22H2,2H3. The molecular weight excluding hydrogens is 513 g/mol. The van der Waals surface area contributed by atoms with Gasteiger partial charge in [-0.2, -0.15) is 0 Å². The Balaban J connectivity index is 1.29. The highest BCUT2D eigenvalue weighted by atomic mass is 19.2. The fourth-order valence-corrected chi connectivity index (χ4v) is 5.34. The van der Waals surface area contributed by atoms with E-state index in [1.165, 1.54) is 6.07 Å². The summed E-state index contributed by atoms with van der Waals surface area (Å²) in [6.07, 6.45) is 7.37. The van der Waals surface area contributed by atoms with E-state index in [1.54, 1.807) is 36.4 Å². The molecule has 1 saturated carbocycles. The van der Waals surface area contributed by atoms with Crippen LogP contribution < -0.4 is 4.74 Å². The van der Waals surface area contributed by atoms with Gasteiger partial charge < -0.3 is 14.6 Å². The SMILES string of the molecule is C=CCCCOc1ccc(C2CCC(OCc3ccc(-c4ccc(C(O)CCC)cc4)c(F)c3F)CC2)c(F)c1. The molecule has 1 fully saturated rings. The molecule has 0 aromatic heterocycles. The maximum atomic E-state index is 15.0. The van der Waals surface area contributed by atoms with Crippen LogP contribution in [0.1, 0.15) is 87.0 Å². The molecular formula is C34H39F3O3. The number of aliphatic hydroxyl groups is 1. The summed E-state index contributed by atoms with van der Waals surface area (Å²) in [5.74, 6) is -1.44. The van der Waals surface area contributed by atoms with Gasteiger partial charge >= 0.3 is 0 Å². The minimum Gasteiger partial charge on any atom is -0.493 e. The van der Waals surface area contributed by atoms with Crippen molar-refractivity contribution in [3.63, 3.8) is 0 Å². The highest BCUT2D eigenvalue weighted by molar-refractivity contribution is 5.65. The third-order valence-corrected chi connectivity index (χ3v) is 7.71. The van der Waals surface area contributed by atoms with Crippen LogP contribution in [0.2, 0.25) is 0 Å². The van der Waals surface area contributed by atoms with E-state index in [0.717, 1.165) is 50.5 Å². The second-order valence-corrected chi connectivity index (χ2v) is 10.6. The Labute approximate surface area is 235 Å². The molecule has 3 aromatic carbocycles. The molecule has 0 bridgehead atoms. The lowest BCUT2D eigenvalue weighted by Gasteiger charge is -2.29. The molecule has 0 saturated heterocycles. The van der Waals surface area contributed by atoms with E-state index in [9.17, 15) is 18.3 Å². The van der Waals surface area contributed by atoms with E-state index in [0.29, 0.717) is 29.9 Å². The topological polar surface area (TPSA) is 38.7 Å². The van der Waals surface area contributed by atoms with Gasteiger partial charge in [-0.25, -0.2) is 13.2 Å². The van der Waals surface area contributed by atoms with Gasteiger partial charge in [-0.05, 0) is 73.6 Å². The molecule has 0 amide bonds. The van der Waals surface area contributed by atoms with E-state index in [-0.39, 0.29) is 35.6 Å². The monoisotopic (exact) mass is 552 g/mol. The van der Waals surface area contributed by atoms with E-state index in [2.05, 4.69) is 6.58 Å². The van der Waals surface area contributed by atoms with Crippen molar-refractivity contribution in [2.45, 2.75) is 83.0 Å². The molecule has 3 nitrogen and oxygen atoms in total. The Morgan fingerprint density at radius 2 is 1.73 bits per heavy atom. The third kappa shape index (κ3) is 7.55. The van der Waals surface area contributed by atoms with Crippen LogP contribution in [0.15, 0.2) is 67.3 Å². The quantitative estimate of drug-likeness (QED) is 0.170. The molecule has 1 aliphatic carbocycles. The van der Waals surface area contributed by atoms with Gasteiger partial charge in [0, 0.05) is 17.2 Å². The zero-order valence-corrected chi connectivity index (χ0v) is 23.2. The number of rotatable bonds is 13. The summed E-state index contributed by atoms with van der Waals surface area (Å²) in [7, 11) is 0. The molecule has 0 radical (unpaired) electrons. The van der Waals surface area contributed by atoms with Gasteiger partial charge in [0.1, 0.15) is 11.6 Å². The predicted octanol–water partition coefficient (Wildman–Crippen LogP) is 9.19. The number of hydrogen-bond acceptors (Lipinski definition) is 3. The Kier molecular flexibility index (Phi) is 10.8. The molecule has 3 aromatic rings. The summed E-state index contributed by atoms with van der Waals surface area (Å²) in [6.45, 7) is 6.19. The van der Waals surface area contributed by atoms with Crippen LogP contribution in [-0.4, -0.2) is 17.8 Å². The summed E-state index contributed by atoms with van der Waals surface area (Å²) in [5, 5.41) is 10.1. The fraction of sp³-hybridized carbons (Fsp3) is 0.412. The average Bonchev–Trinajstić information content (AvgIpc) is 2.97. The first-order chi connectivity index (χ1) is 19.4. The molecule has 40 heavy (non-hydrogen) atoms. The molecule has 6 heteroatoms. The summed E-state index contributed by atoms with van der Waals surface area (Å²) in [6, 6.07) is 15.1. The van der Waals surface area contributed by atoms with Gasteiger partial charge in [0.2, 0.25) is 0 Å². The van der Waals surface area contributed by atoms with Crippen LogP contribution in [0.3, 0.4) is 0 Å². The number of ether oxygens (including phenoxy) is 2. The van der Waals surface area contributed by atoms with Crippen molar-refractivity contribution in [2.75, 3.05) is 6.61 Å². The van der Waals surface area contributed by atoms with Crippen molar-refractivity contribution in [3.8, 4) is 16.9 Å². The molecule has 1 atom stereocenters. The molecule has 0 aliphatic heterocycles. The lowest BCUT2D eigenvalue weighted by Crippen LogP contribution is -2.21. The first-order valence-corrected chi connectivity index (χ1v) is 14.3. The molecule has 1 aliphatic rings. The van der Waals surface area contributed by atoms with Crippen LogP contribution in [0.25, 0.3) is 11.1 Å². The Hall–Kier alpha value is -3.09. The van der Waals surface area contributed by atoms with Gasteiger partial charge in [-0.1, -0.05) is 61.9 Å². The van der Waals surface area contributed by atoms with Crippen LogP contribution in [-0.2, 0) is 11.3 Å². The smallest absolute Gasteiger partial charge is 0.167 e. The zero-order chi connectivity index (χ0) is 28.5. The molecule has 1 unspecified atom stereocenters. The van der Waals surface area contributed by atoms with Crippen molar-refractivity contribution in [2.24, 2.45) is 0 Å². The van der Waals surface area contributed by atoms with Crippen LogP contribution in [0.4, 0.5) is 13.2 Å². The van der Waals surface area contributed by atoms with E-state index < -0.39 is 17.7 Å². The summed E-state index contributed by atoms with van der Waals surface area (Å²) >= 11 is 0. The summed E-state index contributed by atoms with van der Waals surface area (Å²) in [4.78, 5) is 0. The summed E-state index contributed by atoms with van der Waals surface area (Å²) in [5.41, 5.74) is 2.35. The molecule has 0 spiro atoms. The molecule has 1 N–H and O–H groups in total. The van der Waals surface area contributed by atoms with Crippen LogP contribution >= 0.6 is 0 Å². The number of unbranched alkanes of at least 4 members (excludes halogenated alkanes) is 1. The maximum Gasteiger partial charge on any atom is 0.167 e. The maximum absolute atomic E-state index is 15.0. The highest BCUT2D eigenvalue weighted by Gasteiger charge is 2.26. The van der Waals surface area contributed by atoms with Crippen molar-refractivity contribution in [1.29, 1.82) is 0 Å². The second kappa shape index (κ2) is 14.5. The Bertz CT molecular complexity index is 1250. The number of benzene rings is 3. The normalized spacial score (nSPS) is 17.9. The van der Waals surface area contributed by atoms with Crippen molar-refractivity contribution < 1.29 is 27.8 Å². The van der Waals surface area contributed by atoms with Crippen LogP contribution in [0, 0.1) is 17.5 Å². The number of allylic oxidation sites excluding steroid dienone is 1. The van der Waals surface area contributed by atoms with Gasteiger partial charge in [-0.3, -0.25) is 0 Å². The third-order valence-electron chi connectivity index (χ3n) is 7.71. The first kappa shape index (κ1) is 29.9. The van der Waals surface area contributed by atoms with Gasteiger partial charge in [0.15, 0.2) is 11.6 Å². The van der Waals surface area contributed by atoms with Crippen LogP contribution in [0.5, 0.6) is 5.75 Å². The molecule has 4 rings (SSSR count). The number of halogens is 3. The second-order valence-electron chi connectivity index (χ2n) is 10.6. The predicted molar refractivity (Wildman–Crippen MR) is 153 cm³/mol. The first-order valence-electron chi connectivity index (χ1n) is 14.3. The van der Waals surface area contributed by atoms with Gasteiger partial charge in [-0.15, -0.1) is 6.58 Å².